The maximum absolute atomic E-state index is 12.0. The Bertz CT molecular complexity index is 922. The first-order chi connectivity index (χ1) is 13.0. The number of hydrogen-bond acceptors (Lipinski definition) is 5. The summed E-state index contributed by atoms with van der Waals surface area (Å²) in [6, 6.07) is 12.2. The van der Waals surface area contributed by atoms with Crippen LogP contribution in [0.2, 0.25) is 5.02 Å². The minimum Gasteiger partial charge on any atom is -0.504 e. The standard InChI is InChI=1S/C20H19ClN2O4/c1-26-17-10-13(2-7-16(17)24)11-22-19(25)8-9-20-23-12-18(27-20)14-3-5-15(21)6-4-14/h2-7,10,12,24H,8-9,11H2,1H3,(H,22,25). The van der Waals surface area contributed by atoms with Gasteiger partial charge in [-0.3, -0.25) is 4.79 Å². The van der Waals surface area contributed by atoms with Gasteiger partial charge in [-0.15, -0.1) is 0 Å². The van der Waals surface area contributed by atoms with Crippen LogP contribution in [0.15, 0.2) is 53.1 Å². The molecular weight excluding hydrogens is 368 g/mol. The second-order valence-corrected chi connectivity index (χ2v) is 6.34. The number of oxazole rings is 1. The van der Waals surface area contributed by atoms with Crippen molar-refractivity contribution in [2.75, 3.05) is 7.11 Å². The van der Waals surface area contributed by atoms with Crippen LogP contribution in [0, 0.1) is 0 Å². The first kappa shape index (κ1) is 18.8. The highest BCUT2D eigenvalue weighted by atomic mass is 35.5. The number of benzene rings is 2. The molecule has 0 aliphatic rings. The molecular formula is C20H19ClN2O4. The van der Waals surface area contributed by atoms with E-state index in [1.54, 1.807) is 30.5 Å². The Morgan fingerprint density at radius 3 is 2.78 bits per heavy atom. The molecule has 3 rings (SSSR count). The zero-order valence-electron chi connectivity index (χ0n) is 14.7. The number of aryl methyl sites for hydroxylation is 1. The van der Waals surface area contributed by atoms with E-state index in [1.165, 1.54) is 13.2 Å². The molecule has 6 nitrogen and oxygen atoms in total. The smallest absolute Gasteiger partial charge is 0.220 e. The Balaban J connectivity index is 1.50. The average molecular weight is 387 g/mol. The number of nitrogens with zero attached hydrogens (tertiary/aromatic N) is 1. The van der Waals surface area contributed by atoms with E-state index in [2.05, 4.69) is 10.3 Å². The molecule has 0 saturated carbocycles. The highest BCUT2D eigenvalue weighted by Crippen LogP contribution is 2.26. The summed E-state index contributed by atoms with van der Waals surface area (Å²) < 4.78 is 10.7. The van der Waals surface area contributed by atoms with E-state index >= 15 is 0 Å². The molecule has 0 aliphatic heterocycles. The molecule has 0 atom stereocenters. The molecule has 0 saturated heterocycles. The minimum absolute atomic E-state index is 0.0629. The second kappa shape index (κ2) is 8.60. The van der Waals surface area contributed by atoms with Crippen LogP contribution in [0.3, 0.4) is 0 Å². The summed E-state index contributed by atoms with van der Waals surface area (Å²) in [6.07, 6.45) is 2.30. The van der Waals surface area contributed by atoms with Crippen molar-refractivity contribution in [3.05, 3.63) is 65.1 Å². The van der Waals surface area contributed by atoms with Crippen molar-refractivity contribution in [3.63, 3.8) is 0 Å². The van der Waals surface area contributed by atoms with Crippen LogP contribution in [0.4, 0.5) is 0 Å². The fourth-order valence-electron chi connectivity index (χ4n) is 2.51. The Morgan fingerprint density at radius 2 is 2.04 bits per heavy atom. The van der Waals surface area contributed by atoms with Gasteiger partial charge < -0.3 is 19.6 Å². The quantitative estimate of drug-likeness (QED) is 0.642. The number of nitrogens with one attached hydrogen (secondary N) is 1. The fourth-order valence-corrected chi connectivity index (χ4v) is 2.64. The fraction of sp³-hybridized carbons (Fsp3) is 0.200. The Labute approximate surface area is 161 Å². The van der Waals surface area contributed by atoms with E-state index in [0.29, 0.717) is 35.4 Å². The summed E-state index contributed by atoms with van der Waals surface area (Å²) in [7, 11) is 1.48. The number of amides is 1. The summed E-state index contributed by atoms with van der Waals surface area (Å²) in [5.74, 6) is 1.46. The minimum atomic E-state index is -0.117. The summed E-state index contributed by atoms with van der Waals surface area (Å²) in [4.78, 5) is 16.3. The summed E-state index contributed by atoms with van der Waals surface area (Å²) in [6.45, 7) is 0.344. The van der Waals surface area contributed by atoms with Crippen molar-refractivity contribution in [2.24, 2.45) is 0 Å². The molecule has 2 aromatic carbocycles. The molecule has 7 heteroatoms. The molecule has 3 aromatic rings. The van der Waals surface area contributed by atoms with Crippen molar-refractivity contribution in [1.82, 2.24) is 10.3 Å². The van der Waals surface area contributed by atoms with Crippen molar-refractivity contribution >= 4 is 17.5 Å². The van der Waals surface area contributed by atoms with Crippen LogP contribution in [-0.2, 0) is 17.8 Å². The lowest BCUT2D eigenvalue weighted by molar-refractivity contribution is -0.121. The maximum Gasteiger partial charge on any atom is 0.220 e. The molecule has 1 amide bonds. The van der Waals surface area contributed by atoms with Crippen LogP contribution in [-0.4, -0.2) is 23.1 Å². The molecule has 1 aromatic heterocycles. The van der Waals surface area contributed by atoms with Gasteiger partial charge >= 0.3 is 0 Å². The molecule has 0 spiro atoms. The first-order valence-corrected chi connectivity index (χ1v) is 8.76. The molecule has 0 aliphatic carbocycles. The van der Waals surface area contributed by atoms with Gasteiger partial charge in [0, 0.05) is 30.0 Å². The van der Waals surface area contributed by atoms with Gasteiger partial charge in [0.1, 0.15) is 0 Å². The third-order valence-electron chi connectivity index (χ3n) is 3.98. The van der Waals surface area contributed by atoms with Crippen LogP contribution >= 0.6 is 11.6 Å². The second-order valence-electron chi connectivity index (χ2n) is 5.91. The molecule has 0 unspecified atom stereocenters. The summed E-state index contributed by atoms with van der Waals surface area (Å²) >= 11 is 5.88. The molecule has 140 valence electrons. The number of phenols is 1. The molecule has 27 heavy (non-hydrogen) atoms. The Kier molecular flexibility index (Phi) is 5.98. The van der Waals surface area contributed by atoms with Crippen LogP contribution in [0.1, 0.15) is 17.9 Å². The van der Waals surface area contributed by atoms with Gasteiger partial charge in [-0.1, -0.05) is 17.7 Å². The SMILES string of the molecule is COc1cc(CNC(=O)CCc2ncc(-c3ccc(Cl)cc3)o2)ccc1O. The van der Waals surface area contributed by atoms with E-state index in [-0.39, 0.29) is 18.1 Å². The normalized spacial score (nSPS) is 10.6. The van der Waals surface area contributed by atoms with E-state index in [0.717, 1.165) is 11.1 Å². The van der Waals surface area contributed by atoms with Gasteiger partial charge in [-0.25, -0.2) is 4.98 Å². The lowest BCUT2D eigenvalue weighted by Gasteiger charge is -2.08. The van der Waals surface area contributed by atoms with E-state index in [1.807, 2.05) is 12.1 Å². The van der Waals surface area contributed by atoms with Gasteiger partial charge in [-0.05, 0) is 42.0 Å². The lowest BCUT2D eigenvalue weighted by atomic mass is 10.2. The van der Waals surface area contributed by atoms with E-state index in [9.17, 15) is 9.90 Å². The molecule has 0 bridgehead atoms. The van der Waals surface area contributed by atoms with Crippen molar-refractivity contribution in [1.29, 1.82) is 0 Å². The molecule has 0 radical (unpaired) electrons. The zero-order chi connectivity index (χ0) is 19.2. The maximum atomic E-state index is 12.0. The van der Waals surface area contributed by atoms with Crippen molar-refractivity contribution < 1.29 is 19.1 Å². The third kappa shape index (κ3) is 5.01. The monoisotopic (exact) mass is 386 g/mol. The molecule has 0 fully saturated rings. The number of aromatic nitrogens is 1. The highest BCUT2D eigenvalue weighted by Gasteiger charge is 2.10. The van der Waals surface area contributed by atoms with Crippen molar-refractivity contribution in [3.8, 4) is 22.8 Å². The number of carbonyl (C=O) groups is 1. The van der Waals surface area contributed by atoms with Crippen LogP contribution in [0.5, 0.6) is 11.5 Å². The zero-order valence-corrected chi connectivity index (χ0v) is 15.5. The van der Waals surface area contributed by atoms with Gasteiger partial charge in [0.15, 0.2) is 23.1 Å². The van der Waals surface area contributed by atoms with Crippen molar-refractivity contribution in [2.45, 2.75) is 19.4 Å². The average Bonchev–Trinajstić information content (AvgIpc) is 3.15. The summed E-state index contributed by atoms with van der Waals surface area (Å²) in [5, 5.41) is 13.1. The van der Waals surface area contributed by atoms with E-state index < -0.39 is 0 Å². The van der Waals surface area contributed by atoms with Gasteiger partial charge in [0.2, 0.25) is 5.91 Å². The summed E-state index contributed by atoms with van der Waals surface area (Å²) in [5.41, 5.74) is 1.71. The highest BCUT2D eigenvalue weighted by molar-refractivity contribution is 6.30. The Morgan fingerprint density at radius 1 is 1.26 bits per heavy atom. The largest absolute Gasteiger partial charge is 0.504 e. The number of aromatic hydroxyl groups is 1. The lowest BCUT2D eigenvalue weighted by Crippen LogP contribution is -2.23. The number of ether oxygens (including phenoxy) is 1. The van der Waals surface area contributed by atoms with E-state index in [4.69, 9.17) is 20.8 Å². The Hall–Kier alpha value is -2.99. The third-order valence-corrected chi connectivity index (χ3v) is 4.23. The molecule has 2 N–H and O–H groups in total. The van der Waals surface area contributed by atoms with Crippen LogP contribution < -0.4 is 10.1 Å². The van der Waals surface area contributed by atoms with Gasteiger partial charge in [0.25, 0.3) is 0 Å². The predicted molar refractivity (Wildman–Crippen MR) is 102 cm³/mol. The first-order valence-electron chi connectivity index (χ1n) is 8.38. The number of hydrogen-bond donors (Lipinski definition) is 2. The van der Waals surface area contributed by atoms with Gasteiger partial charge in [0.05, 0.1) is 13.3 Å². The van der Waals surface area contributed by atoms with Crippen LogP contribution in [0.25, 0.3) is 11.3 Å². The van der Waals surface area contributed by atoms with Gasteiger partial charge in [-0.2, -0.15) is 0 Å². The number of halogens is 1. The molecule has 1 heterocycles. The topological polar surface area (TPSA) is 84.6 Å². The number of rotatable bonds is 7. The number of methoxy groups -OCH3 is 1. The number of phenolic OH excluding ortho intramolecular Hbond substituents is 1. The number of carbonyl (C=O) groups excluding carboxylic acids is 1. The predicted octanol–water partition coefficient (Wildman–Crippen LogP) is 3.96.